The molecule has 0 amide bonds. The molecular formula is C16H17IN4O2. The van der Waals surface area contributed by atoms with Gasteiger partial charge in [-0.15, -0.1) is 10.2 Å². The first-order valence-electron chi connectivity index (χ1n) is 7.06. The van der Waals surface area contributed by atoms with Crippen LogP contribution in [-0.2, 0) is 13.6 Å². The van der Waals surface area contributed by atoms with Crippen LogP contribution in [0.4, 0.5) is 5.82 Å². The second kappa shape index (κ2) is 6.61. The SMILES string of the molecule is COc1ccc(CNc2nnc(OC)c3c2c(I)cn3C)cc1. The molecule has 0 saturated carbocycles. The Morgan fingerprint density at radius 2 is 1.87 bits per heavy atom. The molecule has 1 aromatic carbocycles. The number of anilines is 1. The first kappa shape index (κ1) is 15.9. The number of ether oxygens (including phenoxy) is 2. The molecular weight excluding hydrogens is 407 g/mol. The van der Waals surface area contributed by atoms with Crippen molar-refractivity contribution in [2.75, 3.05) is 19.5 Å². The summed E-state index contributed by atoms with van der Waals surface area (Å²) in [6.45, 7) is 0.658. The van der Waals surface area contributed by atoms with Crippen molar-refractivity contribution in [2.24, 2.45) is 7.05 Å². The maximum absolute atomic E-state index is 5.33. The van der Waals surface area contributed by atoms with E-state index in [0.717, 1.165) is 31.6 Å². The summed E-state index contributed by atoms with van der Waals surface area (Å²) in [6.07, 6.45) is 2.04. The Morgan fingerprint density at radius 3 is 2.52 bits per heavy atom. The van der Waals surface area contributed by atoms with E-state index in [2.05, 4.69) is 38.1 Å². The smallest absolute Gasteiger partial charge is 0.258 e. The first-order chi connectivity index (χ1) is 11.1. The van der Waals surface area contributed by atoms with Gasteiger partial charge in [-0.2, -0.15) is 0 Å². The molecule has 6 nitrogen and oxygen atoms in total. The third-order valence-corrected chi connectivity index (χ3v) is 4.45. The maximum Gasteiger partial charge on any atom is 0.258 e. The molecule has 7 heteroatoms. The molecule has 0 fully saturated rings. The molecule has 0 aliphatic rings. The Labute approximate surface area is 147 Å². The van der Waals surface area contributed by atoms with Crippen LogP contribution in [0.3, 0.4) is 0 Å². The Bertz CT molecular complexity index is 830. The molecule has 0 saturated heterocycles. The van der Waals surface area contributed by atoms with Crippen LogP contribution in [0, 0.1) is 3.57 Å². The van der Waals surface area contributed by atoms with Crippen molar-refractivity contribution in [3.8, 4) is 11.6 Å². The highest BCUT2D eigenvalue weighted by Gasteiger charge is 2.16. The predicted octanol–water partition coefficient (Wildman–Crippen LogP) is 3.20. The van der Waals surface area contributed by atoms with Crippen LogP contribution in [0.1, 0.15) is 5.56 Å². The molecule has 2 heterocycles. The molecule has 120 valence electrons. The van der Waals surface area contributed by atoms with Crippen LogP contribution in [-0.4, -0.2) is 29.0 Å². The topological polar surface area (TPSA) is 61.2 Å². The lowest BCUT2D eigenvalue weighted by atomic mass is 10.2. The molecule has 2 aromatic heterocycles. The third-order valence-electron chi connectivity index (χ3n) is 3.63. The number of hydrogen-bond donors (Lipinski definition) is 1. The number of halogens is 1. The zero-order valence-corrected chi connectivity index (χ0v) is 15.3. The van der Waals surface area contributed by atoms with E-state index in [0.29, 0.717) is 12.4 Å². The van der Waals surface area contributed by atoms with E-state index in [-0.39, 0.29) is 0 Å². The van der Waals surface area contributed by atoms with E-state index in [9.17, 15) is 0 Å². The minimum atomic E-state index is 0.528. The van der Waals surface area contributed by atoms with Gasteiger partial charge in [-0.25, -0.2) is 0 Å². The van der Waals surface area contributed by atoms with E-state index < -0.39 is 0 Å². The molecule has 3 aromatic rings. The van der Waals surface area contributed by atoms with E-state index in [1.165, 1.54) is 0 Å². The van der Waals surface area contributed by atoms with Gasteiger partial charge in [-0.05, 0) is 40.3 Å². The molecule has 0 aliphatic heterocycles. The van der Waals surface area contributed by atoms with Crippen molar-refractivity contribution in [1.29, 1.82) is 0 Å². The van der Waals surface area contributed by atoms with Crippen molar-refractivity contribution < 1.29 is 9.47 Å². The first-order valence-corrected chi connectivity index (χ1v) is 8.14. The molecule has 1 N–H and O–H groups in total. The van der Waals surface area contributed by atoms with E-state index in [4.69, 9.17) is 9.47 Å². The minimum Gasteiger partial charge on any atom is -0.497 e. The number of methoxy groups -OCH3 is 2. The molecule has 0 radical (unpaired) electrons. The number of aromatic nitrogens is 3. The molecule has 0 unspecified atom stereocenters. The minimum absolute atomic E-state index is 0.528. The normalized spacial score (nSPS) is 10.8. The standard InChI is InChI=1S/C16H17IN4O2/c1-21-9-12(17)13-14(21)16(23-3)20-19-15(13)18-8-10-4-6-11(22-2)7-5-10/h4-7,9H,8H2,1-3H3,(H,18,19). The van der Waals surface area contributed by atoms with Crippen LogP contribution in [0.15, 0.2) is 30.5 Å². The Morgan fingerprint density at radius 1 is 1.13 bits per heavy atom. The average molecular weight is 424 g/mol. The quantitative estimate of drug-likeness (QED) is 0.638. The Balaban J connectivity index is 1.90. The van der Waals surface area contributed by atoms with Gasteiger partial charge in [-0.3, -0.25) is 0 Å². The number of benzene rings is 1. The zero-order chi connectivity index (χ0) is 16.4. The van der Waals surface area contributed by atoms with Gasteiger partial charge in [0.25, 0.3) is 5.88 Å². The van der Waals surface area contributed by atoms with Gasteiger partial charge in [0, 0.05) is 23.4 Å². The summed E-state index contributed by atoms with van der Waals surface area (Å²) < 4.78 is 13.6. The third kappa shape index (κ3) is 3.05. The number of nitrogens with zero attached hydrogens (tertiary/aromatic N) is 3. The molecule has 0 bridgehead atoms. The van der Waals surface area contributed by atoms with Gasteiger partial charge in [0.2, 0.25) is 0 Å². The van der Waals surface area contributed by atoms with Crippen molar-refractivity contribution >= 4 is 39.3 Å². The van der Waals surface area contributed by atoms with Crippen molar-refractivity contribution in [2.45, 2.75) is 6.54 Å². The number of nitrogens with one attached hydrogen (secondary N) is 1. The van der Waals surface area contributed by atoms with Gasteiger partial charge in [0.1, 0.15) is 11.3 Å². The summed E-state index contributed by atoms with van der Waals surface area (Å²) in [4.78, 5) is 0. The zero-order valence-electron chi connectivity index (χ0n) is 13.1. The lowest BCUT2D eigenvalue weighted by Crippen LogP contribution is -2.05. The van der Waals surface area contributed by atoms with Crippen LogP contribution < -0.4 is 14.8 Å². The van der Waals surface area contributed by atoms with E-state index >= 15 is 0 Å². The number of aryl methyl sites for hydroxylation is 1. The van der Waals surface area contributed by atoms with E-state index in [1.807, 2.05) is 42.1 Å². The number of hydrogen-bond acceptors (Lipinski definition) is 5. The summed E-state index contributed by atoms with van der Waals surface area (Å²) >= 11 is 2.30. The van der Waals surface area contributed by atoms with Crippen molar-refractivity contribution in [3.63, 3.8) is 0 Å². The number of fused-ring (bicyclic) bond motifs is 1. The summed E-state index contributed by atoms with van der Waals surface area (Å²) in [5.74, 6) is 2.13. The second-order valence-electron chi connectivity index (χ2n) is 5.07. The highest BCUT2D eigenvalue weighted by Crippen LogP contribution is 2.32. The van der Waals surface area contributed by atoms with Crippen molar-refractivity contribution in [3.05, 3.63) is 39.6 Å². The summed E-state index contributed by atoms with van der Waals surface area (Å²) in [6, 6.07) is 7.93. The second-order valence-corrected chi connectivity index (χ2v) is 6.23. The fraction of sp³-hybridized carbons (Fsp3) is 0.250. The highest BCUT2D eigenvalue weighted by atomic mass is 127. The van der Waals surface area contributed by atoms with Crippen LogP contribution in [0.5, 0.6) is 11.6 Å². The molecule has 0 spiro atoms. The van der Waals surface area contributed by atoms with Crippen LogP contribution >= 0.6 is 22.6 Å². The largest absolute Gasteiger partial charge is 0.497 e. The van der Waals surface area contributed by atoms with Gasteiger partial charge in [0.15, 0.2) is 5.82 Å². The van der Waals surface area contributed by atoms with Gasteiger partial charge >= 0.3 is 0 Å². The molecule has 23 heavy (non-hydrogen) atoms. The molecule has 3 rings (SSSR count). The van der Waals surface area contributed by atoms with Crippen LogP contribution in [0.2, 0.25) is 0 Å². The molecule has 0 aliphatic carbocycles. The van der Waals surface area contributed by atoms with E-state index in [1.54, 1.807) is 14.2 Å². The lowest BCUT2D eigenvalue weighted by Gasteiger charge is -2.09. The summed E-state index contributed by atoms with van der Waals surface area (Å²) in [5, 5.41) is 12.8. The summed E-state index contributed by atoms with van der Waals surface area (Å²) in [5.41, 5.74) is 2.08. The maximum atomic E-state index is 5.33. The highest BCUT2D eigenvalue weighted by molar-refractivity contribution is 14.1. The fourth-order valence-corrected chi connectivity index (χ4v) is 3.38. The lowest BCUT2D eigenvalue weighted by molar-refractivity contribution is 0.396. The average Bonchev–Trinajstić information content (AvgIpc) is 2.88. The van der Waals surface area contributed by atoms with Crippen LogP contribution in [0.25, 0.3) is 10.9 Å². The predicted molar refractivity (Wildman–Crippen MR) is 98.1 cm³/mol. The van der Waals surface area contributed by atoms with Gasteiger partial charge in [0.05, 0.1) is 19.6 Å². The fourth-order valence-electron chi connectivity index (χ4n) is 2.45. The Hall–Kier alpha value is -2.03. The van der Waals surface area contributed by atoms with Gasteiger partial charge < -0.3 is 19.4 Å². The summed E-state index contributed by atoms with van der Waals surface area (Å²) in [7, 11) is 5.24. The Kier molecular flexibility index (Phi) is 4.56. The van der Waals surface area contributed by atoms with Crippen molar-refractivity contribution in [1.82, 2.24) is 14.8 Å². The van der Waals surface area contributed by atoms with Gasteiger partial charge in [-0.1, -0.05) is 12.1 Å². The molecule has 0 atom stereocenters. The number of rotatable bonds is 5. The monoisotopic (exact) mass is 424 g/mol.